The quantitative estimate of drug-likeness (QED) is 0.596. The summed E-state index contributed by atoms with van der Waals surface area (Å²) in [6, 6.07) is 3.44. The second-order valence-electron chi connectivity index (χ2n) is 3.51. The molecule has 0 saturated heterocycles. The highest BCUT2D eigenvalue weighted by Crippen LogP contribution is 2.00. The van der Waals surface area contributed by atoms with Crippen molar-refractivity contribution in [2.24, 2.45) is 5.73 Å². The Labute approximate surface area is 100 Å². The summed E-state index contributed by atoms with van der Waals surface area (Å²) in [7, 11) is 0. The topological polar surface area (TPSA) is 68.0 Å². The van der Waals surface area contributed by atoms with Crippen molar-refractivity contribution in [1.82, 2.24) is 10.3 Å². The Morgan fingerprint density at radius 1 is 1.62 bits per heavy atom. The molecular weight excluding hydrogens is 222 g/mol. The van der Waals surface area contributed by atoms with Crippen LogP contribution in [0.25, 0.3) is 0 Å². The molecule has 16 heavy (non-hydrogen) atoms. The number of amides is 1. The highest BCUT2D eigenvalue weighted by atomic mass is 32.1. The standard InChI is InChI=1S/C11H15N3OS/c1-8-7-9(4-6-13-8)11(15)14-5-2-3-10(12)16/h4,6-7H,2-3,5H2,1H3,(H2,12,16)(H,14,15). The third kappa shape index (κ3) is 4.35. The summed E-state index contributed by atoms with van der Waals surface area (Å²) in [5.41, 5.74) is 6.81. The lowest BCUT2D eigenvalue weighted by Crippen LogP contribution is -2.25. The zero-order valence-corrected chi connectivity index (χ0v) is 10.0. The molecule has 5 heteroatoms. The summed E-state index contributed by atoms with van der Waals surface area (Å²) in [5, 5.41) is 2.80. The molecule has 0 unspecified atom stereocenters. The molecule has 0 aliphatic heterocycles. The third-order valence-corrected chi connectivity index (χ3v) is 2.25. The Kier molecular flexibility index (Phi) is 4.85. The molecule has 0 aromatic carbocycles. The van der Waals surface area contributed by atoms with Gasteiger partial charge in [0, 0.05) is 24.0 Å². The molecule has 0 saturated carbocycles. The van der Waals surface area contributed by atoms with Crippen LogP contribution in [0, 0.1) is 6.92 Å². The van der Waals surface area contributed by atoms with E-state index in [1.54, 1.807) is 18.3 Å². The predicted molar refractivity (Wildman–Crippen MR) is 67.3 cm³/mol. The molecule has 1 heterocycles. The van der Waals surface area contributed by atoms with E-state index >= 15 is 0 Å². The number of carbonyl (C=O) groups is 1. The molecule has 0 radical (unpaired) electrons. The number of nitrogens with two attached hydrogens (primary N) is 1. The first-order valence-corrected chi connectivity index (χ1v) is 5.49. The Balaban J connectivity index is 2.38. The van der Waals surface area contributed by atoms with E-state index in [2.05, 4.69) is 10.3 Å². The van der Waals surface area contributed by atoms with Crippen LogP contribution >= 0.6 is 12.2 Å². The van der Waals surface area contributed by atoms with Gasteiger partial charge in [-0.05, 0) is 31.9 Å². The van der Waals surface area contributed by atoms with E-state index in [4.69, 9.17) is 18.0 Å². The third-order valence-electron chi connectivity index (χ3n) is 2.04. The lowest BCUT2D eigenvalue weighted by molar-refractivity contribution is 0.0953. The lowest BCUT2D eigenvalue weighted by Gasteiger charge is -2.04. The molecule has 0 bridgehead atoms. The van der Waals surface area contributed by atoms with Crippen LogP contribution in [0.15, 0.2) is 18.3 Å². The van der Waals surface area contributed by atoms with E-state index in [9.17, 15) is 4.79 Å². The molecule has 0 aliphatic carbocycles. The van der Waals surface area contributed by atoms with Crippen molar-refractivity contribution >= 4 is 23.1 Å². The Hall–Kier alpha value is -1.49. The van der Waals surface area contributed by atoms with Gasteiger partial charge in [0.1, 0.15) is 0 Å². The van der Waals surface area contributed by atoms with Crippen LogP contribution < -0.4 is 11.1 Å². The zero-order valence-electron chi connectivity index (χ0n) is 9.19. The van der Waals surface area contributed by atoms with E-state index in [0.717, 1.165) is 12.1 Å². The molecule has 1 amide bonds. The first-order chi connectivity index (χ1) is 7.59. The van der Waals surface area contributed by atoms with Crippen LogP contribution in [0.1, 0.15) is 28.9 Å². The molecule has 0 aliphatic rings. The second-order valence-corrected chi connectivity index (χ2v) is 4.04. The molecule has 0 atom stereocenters. The fraction of sp³-hybridized carbons (Fsp3) is 0.364. The minimum atomic E-state index is -0.0894. The molecule has 1 aromatic heterocycles. The van der Waals surface area contributed by atoms with Gasteiger partial charge in [0.05, 0.1) is 4.99 Å². The lowest BCUT2D eigenvalue weighted by atomic mass is 10.2. The highest BCUT2D eigenvalue weighted by Gasteiger charge is 2.04. The zero-order chi connectivity index (χ0) is 12.0. The van der Waals surface area contributed by atoms with Gasteiger partial charge in [-0.15, -0.1) is 0 Å². The number of hydrogen-bond donors (Lipinski definition) is 2. The Bertz CT molecular complexity index is 393. The maximum atomic E-state index is 11.6. The number of thiocarbonyl (C=S) groups is 1. The maximum absolute atomic E-state index is 11.6. The predicted octanol–water partition coefficient (Wildman–Crippen LogP) is 1.19. The number of hydrogen-bond acceptors (Lipinski definition) is 3. The fourth-order valence-electron chi connectivity index (χ4n) is 1.25. The summed E-state index contributed by atoms with van der Waals surface area (Å²) in [6.45, 7) is 2.43. The Morgan fingerprint density at radius 2 is 2.38 bits per heavy atom. The van der Waals surface area contributed by atoms with Gasteiger partial charge in [0.25, 0.3) is 5.91 Å². The second kappa shape index (κ2) is 6.17. The monoisotopic (exact) mass is 237 g/mol. The number of rotatable bonds is 5. The van der Waals surface area contributed by atoms with Gasteiger partial charge in [0.15, 0.2) is 0 Å². The van der Waals surface area contributed by atoms with Crippen molar-refractivity contribution in [2.45, 2.75) is 19.8 Å². The van der Waals surface area contributed by atoms with Crippen molar-refractivity contribution < 1.29 is 4.79 Å². The van der Waals surface area contributed by atoms with Crippen molar-refractivity contribution in [1.29, 1.82) is 0 Å². The van der Waals surface area contributed by atoms with Gasteiger partial charge in [0.2, 0.25) is 0 Å². The Morgan fingerprint density at radius 3 is 3.00 bits per heavy atom. The summed E-state index contributed by atoms with van der Waals surface area (Å²) >= 11 is 4.74. The smallest absolute Gasteiger partial charge is 0.251 e. The van der Waals surface area contributed by atoms with Crippen LogP contribution in [0.3, 0.4) is 0 Å². The molecule has 0 fully saturated rings. The molecule has 0 spiro atoms. The first-order valence-electron chi connectivity index (χ1n) is 5.09. The number of aromatic nitrogens is 1. The van der Waals surface area contributed by atoms with E-state index in [1.807, 2.05) is 6.92 Å². The van der Waals surface area contributed by atoms with Gasteiger partial charge in [-0.3, -0.25) is 9.78 Å². The largest absolute Gasteiger partial charge is 0.393 e. The van der Waals surface area contributed by atoms with E-state index in [1.165, 1.54) is 0 Å². The normalized spacial score (nSPS) is 9.81. The molecule has 4 nitrogen and oxygen atoms in total. The van der Waals surface area contributed by atoms with Gasteiger partial charge >= 0.3 is 0 Å². The average Bonchev–Trinajstić information content (AvgIpc) is 2.24. The number of pyridine rings is 1. The first kappa shape index (κ1) is 12.6. The van der Waals surface area contributed by atoms with Gasteiger partial charge in [-0.1, -0.05) is 12.2 Å². The van der Waals surface area contributed by atoms with Crippen molar-refractivity contribution in [3.05, 3.63) is 29.6 Å². The highest BCUT2D eigenvalue weighted by molar-refractivity contribution is 7.80. The van der Waals surface area contributed by atoms with Crippen LogP contribution in [0.5, 0.6) is 0 Å². The average molecular weight is 237 g/mol. The molecule has 1 aromatic rings. The number of nitrogens with one attached hydrogen (secondary N) is 1. The van der Waals surface area contributed by atoms with Crippen LogP contribution in [-0.4, -0.2) is 22.4 Å². The van der Waals surface area contributed by atoms with E-state index in [0.29, 0.717) is 23.5 Å². The van der Waals surface area contributed by atoms with E-state index < -0.39 is 0 Å². The summed E-state index contributed by atoms with van der Waals surface area (Å²) < 4.78 is 0. The maximum Gasteiger partial charge on any atom is 0.251 e. The minimum absolute atomic E-state index is 0.0894. The summed E-state index contributed by atoms with van der Waals surface area (Å²) in [6.07, 6.45) is 3.05. The van der Waals surface area contributed by atoms with Crippen molar-refractivity contribution in [2.75, 3.05) is 6.54 Å². The molecular formula is C11H15N3OS. The number of aryl methyl sites for hydroxylation is 1. The van der Waals surface area contributed by atoms with Crippen molar-refractivity contribution in [3.63, 3.8) is 0 Å². The summed E-state index contributed by atoms with van der Waals surface area (Å²) in [5.74, 6) is -0.0894. The van der Waals surface area contributed by atoms with Crippen LogP contribution in [0.2, 0.25) is 0 Å². The SMILES string of the molecule is Cc1cc(C(=O)NCCCC(N)=S)ccn1. The van der Waals surface area contributed by atoms with Crippen molar-refractivity contribution in [3.8, 4) is 0 Å². The van der Waals surface area contributed by atoms with Crippen LogP contribution in [-0.2, 0) is 0 Å². The van der Waals surface area contributed by atoms with Crippen LogP contribution in [0.4, 0.5) is 0 Å². The summed E-state index contributed by atoms with van der Waals surface area (Å²) in [4.78, 5) is 16.1. The molecule has 3 N–H and O–H groups in total. The van der Waals surface area contributed by atoms with E-state index in [-0.39, 0.29) is 5.91 Å². The van der Waals surface area contributed by atoms with Gasteiger partial charge in [-0.25, -0.2) is 0 Å². The number of nitrogens with zero attached hydrogens (tertiary/aromatic N) is 1. The molecule has 1 rings (SSSR count). The minimum Gasteiger partial charge on any atom is -0.393 e. The molecule has 86 valence electrons. The number of carbonyl (C=O) groups excluding carboxylic acids is 1. The van der Waals surface area contributed by atoms with Gasteiger partial charge < -0.3 is 11.1 Å². The van der Waals surface area contributed by atoms with Gasteiger partial charge in [-0.2, -0.15) is 0 Å². The fourth-order valence-corrected chi connectivity index (χ4v) is 1.40.